The van der Waals surface area contributed by atoms with Gasteiger partial charge in [0, 0.05) is 17.1 Å². The molecule has 0 aromatic carbocycles. The summed E-state index contributed by atoms with van der Waals surface area (Å²) < 4.78 is 9.77. The number of rotatable bonds is 10. The van der Waals surface area contributed by atoms with Crippen molar-refractivity contribution in [2.45, 2.75) is 20.3 Å². The maximum absolute atomic E-state index is 11.3. The molecule has 0 heterocycles. The normalized spacial score (nSPS) is 9.70. The van der Waals surface area contributed by atoms with Crippen molar-refractivity contribution in [3.63, 3.8) is 0 Å². The van der Waals surface area contributed by atoms with Crippen LogP contribution in [0, 0.1) is 0 Å². The van der Waals surface area contributed by atoms with E-state index in [0.717, 1.165) is 17.9 Å². The zero-order chi connectivity index (χ0) is 15.4. The van der Waals surface area contributed by atoms with Crippen LogP contribution in [0.25, 0.3) is 0 Å². The lowest BCUT2D eigenvalue weighted by Gasteiger charge is -2.08. The summed E-state index contributed by atoms with van der Waals surface area (Å²) in [5.41, 5.74) is 1.51. The maximum atomic E-state index is 11.3. The number of carbonyl (C=O) groups excluding carboxylic acids is 2. The molecule has 6 heteroatoms. The molecule has 0 aliphatic rings. The summed E-state index contributed by atoms with van der Waals surface area (Å²) in [6, 6.07) is 0. The molecule has 0 unspecified atom stereocenters. The number of esters is 1. The summed E-state index contributed by atoms with van der Waals surface area (Å²) in [4.78, 5) is 22.3. The SMILES string of the molecule is C=C(CC)CSCCOC(=O)NCCOC(=O)C(=C)C. The number of carbonyl (C=O) groups is 2. The number of nitrogens with one attached hydrogen (secondary N) is 1. The standard InChI is InChI=1S/C14H23NO4S/c1-5-12(4)10-20-9-8-19-14(17)15-6-7-18-13(16)11(2)3/h2,4-10H2,1,3H3,(H,15,17). The molecule has 0 aromatic heterocycles. The quantitative estimate of drug-likeness (QED) is 0.291. The molecule has 0 aliphatic heterocycles. The third kappa shape index (κ3) is 10.5. The Kier molecular flexibility index (Phi) is 10.6. The van der Waals surface area contributed by atoms with Gasteiger partial charge in [0.05, 0.1) is 6.54 Å². The van der Waals surface area contributed by atoms with Gasteiger partial charge in [-0.15, -0.1) is 0 Å². The fourth-order valence-electron chi connectivity index (χ4n) is 0.983. The molecule has 114 valence electrons. The molecular formula is C14H23NO4S. The fourth-order valence-corrected chi connectivity index (χ4v) is 1.82. The van der Waals surface area contributed by atoms with Gasteiger partial charge in [-0.05, 0) is 13.3 Å². The Morgan fingerprint density at radius 1 is 1.20 bits per heavy atom. The van der Waals surface area contributed by atoms with E-state index in [1.54, 1.807) is 18.7 Å². The highest BCUT2D eigenvalue weighted by molar-refractivity contribution is 7.99. The summed E-state index contributed by atoms with van der Waals surface area (Å²) in [6.45, 7) is 11.6. The van der Waals surface area contributed by atoms with Gasteiger partial charge in [0.2, 0.25) is 0 Å². The smallest absolute Gasteiger partial charge is 0.407 e. The second-order valence-corrected chi connectivity index (χ2v) is 5.24. The molecule has 0 spiro atoms. The summed E-state index contributed by atoms with van der Waals surface area (Å²) in [7, 11) is 0. The van der Waals surface area contributed by atoms with E-state index in [9.17, 15) is 9.59 Å². The van der Waals surface area contributed by atoms with Crippen molar-refractivity contribution in [1.29, 1.82) is 0 Å². The minimum atomic E-state index is -0.508. The summed E-state index contributed by atoms with van der Waals surface area (Å²) in [5, 5.41) is 2.49. The van der Waals surface area contributed by atoms with Crippen molar-refractivity contribution < 1.29 is 19.1 Å². The van der Waals surface area contributed by atoms with E-state index in [4.69, 9.17) is 9.47 Å². The second kappa shape index (κ2) is 11.4. The molecule has 20 heavy (non-hydrogen) atoms. The van der Waals surface area contributed by atoms with Gasteiger partial charge in [-0.3, -0.25) is 0 Å². The van der Waals surface area contributed by atoms with Crippen LogP contribution >= 0.6 is 11.8 Å². The van der Waals surface area contributed by atoms with Gasteiger partial charge < -0.3 is 14.8 Å². The number of alkyl carbamates (subject to hydrolysis) is 1. The number of ether oxygens (including phenoxy) is 2. The van der Waals surface area contributed by atoms with Gasteiger partial charge in [0.1, 0.15) is 13.2 Å². The lowest BCUT2D eigenvalue weighted by atomic mass is 10.3. The first-order valence-electron chi connectivity index (χ1n) is 6.45. The van der Waals surface area contributed by atoms with Crippen LogP contribution in [0.1, 0.15) is 20.3 Å². The van der Waals surface area contributed by atoms with Crippen LogP contribution in [-0.4, -0.2) is 43.3 Å². The van der Waals surface area contributed by atoms with E-state index in [1.807, 2.05) is 0 Å². The molecule has 0 radical (unpaired) electrons. The Morgan fingerprint density at radius 2 is 1.90 bits per heavy atom. The van der Waals surface area contributed by atoms with E-state index in [0.29, 0.717) is 12.2 Å². The van der Waals surface area contributed by atoms with E-state index >= 15 is 0 Å². The lowest BCUT2D eigenvalue weighted by molar-refractivity contribution is -0.138. The van der Waals surface area contributed by atoms with Crippen molar-refractivity contribution in [2.24, 2.45) is 0 Å². The highest BCUT2D eigenvalue weighted by Gasteiger charge is 2.04. The van der Waals surface area contributed by atoms with Gasteiger partial charge in [0.15, 0.2) is 0 Å². The molecule has 5 nitrogen and oxygen atoms in total. The van der Waals surface area contributed by atoms with Crippen LogP contribution in [0.3, 0.4) is 0 Å². The molecule has 0 fully saturated rings. The molecule has 0 saturated carbocycles. The fraction of sp³-hybridized carbons (Fsp3) is 0.571. The largest absolute Gasteiger partial charge is 0.460 e. The van der Waals surface area contributed by atoms with Crippen LogP contribution < -0.4 is 5.32 Å². The third-order valence-corrected chi connectivity index (χ3v) is 3.29. The van der Waals surface area contributed by atoms with Crippen LogP contribution in [0.4, 0.5) is 4.79 Å². The first-order valence-corrected chi connectivity index (χ1v) is 7.60. The predicted octanol–water partition coefficient (Wildman–Crippen LogP) is 2.53. The minimum Gasteiger partial charge on any atom is -0.460 e. The van der Waals surface area contributed by atoms with Gasteiger partial charge in [-0.25, -0.2) is 9.59 Å². The van der Waals surface area contributed by atoms with E-state index in [-0.39, 0.29) is 13.2 Å². The molecule has 0 aromatic rings. The Labute approximate surface area is 124 Å². The molecule has 1 amide bonds. The topological polar surface area (TPSA) is 64.6 Å². The van der Waals surface area contributed by atoms with Gasteiger partial charge in [0.25, 0.3) is 0 Å². The maximum Gasteiger partial charge on any atom is 0.407 e. The molecule has 0 saturated heterocycles. The first-order chi connectivity index (χ1) is 9.47. The Bertz CT molecular complexity index is 355. The van der Waals surface area contributed by atoms with Crippen molar-refractivity contribution in [3.8, 4) is 0 Å². The average Bonchev–Trinajstić information content (AvgIpc) is 2.42. The van der Waals surface area contributed by atoms with Crippen LogP contribution in [0.5, 0.6) is 0 Å². The molecular weight excluding hydrogens is 278 g/mol. The summed E-state index contributed by atoms with van der Waals surface area (Å²) >= 11 is 1.68. The van der Waals surface area contributed by atoms with Crippen molar-refractivity contribution >= 4 is 23.8 Å². The lowest BCUT2D eigenvalue weighted by Crippen LogP contribution is -2.29. The summed E-state index contributed by atoms with van der Waals surface area (Å²) in [6.07, 6.45) is 0.461. The van der Waals surface area contributed by atoms with Gasteiger partial charge in [-0.1, -0.05) is 25.7 Å². The van der Waals surface area contributed by atoms with Crippen LogP contribution in [0.15, 0.2) is 24.3 Å². The number of thioether (sulfide) groups is 1. The number of amides is 1. The van der Waals surface area contributed by atoms with E-state index < -0.39 is 12.1 Å². The molecule has 0 bridgehead atoms. The van der Waals surface area contributed by atoms with Crippen LogP contribution in [-0.2, 0) is 14.3 Å². The zero-order valence-electron chi connectivity index (χ0n) is 12.2. The van der Waals surface area contributed by atoms with Crippen molar-refractivity contribution in [2.75, 3.05) is 31.3 Å². The van der Waals surface area contributed by atoms with E-state index in [1.165, 1.54) is 5.57 Å². The Morgan fingerprint density at radius 3 is 2.50 bits per heavy atom. The number of hydrogen-bond acceptors (Lipinski definition) is 5. The van der Waals surface area contributed by atoms with Crippen molar-refractivity contribution in [3.05, 3.63) is 24.3 Å². The predicted molar refractivity (Wildman–Crippen MR) is 81.9 cm³/mol. The highest BCUT2D eigenvalue weighted by Crippen LogP contribution is 2.08. The van der Waals surface area contributed by atoms with Crippen LogP contribution in [0.2, 0.25) is 0 Å². The zero-order valence-corrected chi connectivity index (χ0v) is 13.0. The van der Waals surface area contributed by atoms with Gasteiger partial charge >= 0.3 is 12.1 Å². The Hall–Kier alpha value is -1.43. The van der Waals surface area contributed by atoms with Crippen molar-refractivity contribution in [1.82, 2.24) is 5.32 Å². The second-order valence-electron chi connectivity index (χ2n) is 4.14. The third-order valence-electron chi connectivity index (χ3n) is 2.22. The first kappa shape index (κ1) is 18.6. The molecule has 0 atom stereocenters. The highest BCUT2D eigenvalue weighted by atomic mass is 32.2. The van der Waals surface area contributed by atoms with E-state index in [2.05, 4.69) is 25.4 Å². The summed E-state index contributed by atoms with van der Waals surface area (Å²) in [5.74, 6) is 1.16. The molecule has 0 aliphatic carbocycles. The molecule has 1 N–H and O–H groups in total. The molecule has 0 rings (SSSR count). The minimum absolute atomic E-state index is 0.103. The average molecular weight is 301 g/mol. The Balaban J connectivity index is 3.44. The van der Waals surface area contributed by atoms with Gasteiger partial charge in [-0.2, -0.15) is 11.8 Å². The monoisotopic (exact) mass is 301 g/mol. The number of hydrogen-bond donors (Lipinski definition) is 1.